The first-order valence-electron chi connectivity index (χ1n) is 4.93. The van der Waals surface area contributed by atoms with Crippen molar-refractivity contribution in [2.75, 3.05) is 25.4 Å². The minimum absolute atomic E-state index is 0.372. The van der Waals surface area contributed by atoms with Crippen LogP contribution in [0.15, 0.2) is 12.3 Å². The van der Waals surface area contributed by atoms with E-state index in [1.54, 1.807) is 0 Å². The van der Waals surface area contributed by atoms with E-state index >= 15 is 0 Å². The minimum Gasteiger partial charge on any atom is -0.384 e. The first-order valence-corrected chi connectivity index (χ1v) is 4.93. The summed E-state index contributed by atoms with van der Waals surface area (Å²) in [6.45, 7) is 5.09. The molecule has 14 heavy (non-hydrogen) atoms. The molecule has 1 fully saturated rings. The van der Waals surface area contributed by atoms with Crippen molar-refractivity contribution in [2.24, 2.45) is 0 Å². The van der Waals surface area contributed by atoms with Crippen LogP contribution in [0.25, 0.3) is 0 Å². The fourth-order valence-corrected chi connectivity index (χ4v) is 1.83. The summed E-state index contributed by atoms with van der Waals surface area (Å²) in [7, 11) is 0. The maximum absolute atomic E-state index is 5.61. The van der Waals surface area contributed by atoms with Gasteiger partial charge < -0.3 is 16.4 Å². The molecule has 2 rings (SSSR count). The van der Waals surface area contributed by atoms with E-state index in [1.807, 2.05) is 12.3 Å². The van der Waals surface area contributed by atoms with Crippen LogP contribution in [0.1, 0.15) is 17.2 Å². The molecule has 0 aliphatic carbocycles. The molecule has 1 aromatic rings. The first-order chi connectivity index (χ1) is 6.77. The van der Waals surface area contributed by atoms with Crippen LogP contribution in [0.2, 0.25) is 0 Å². The lowest BCUT2D eigenvalue weighted by Gasteiger charge is -2.25. The lowest BCUT2D eigenvalue weighted by molar-refractivity contribution is 0.428. The Balaban J connectivity index is 2.22. The predicted molar refractivity (Wildman–Crippen MR) is 57.0 cm³/mol. The van der Waals surface area contributed by atoms with Crippen LogP contribution in [0.4, 0.5) is 5.82 Å². The van der Waals surface area contributed by atoms with E-state index in [2.05, 4.69) is 22.5 Å². The Hall–Kier alpha value is -1.13. The number of aryl methyl sites for hydroxylation is 1. The molecule has 1 aliphatic heterocycles. The van der Waals surface area contributed by atoms with Crippen LogP contribution >= 0.6 is 0 Å². The molecule has 0 saturated carbocycles. The van der Waals surface area contributed by atoms with E-state index in [0.717, 1.165) is 19.6 Å². The average Bonchev–Trinajstić information content (AvgIpc) is 2.19. The summed E-state index contributed by atoms with van der Waals surface area (Å²) in [4.78, 5) is 4.13. The van der Waals surface area contributed by atoms with Gasteiger partial charge in [0.15, 0.2) is 0 Å². The molecule has 1 aromatic heterocycles. The van der Waals surface area contributed by atoms with Crippen LogP contribution in [0, 0.1) is 6.92 Å². The van der Waals surface area contributed by atoms with Crippen molar-refractivity contribution in [3.63, 3.8) is 0 Å². The Bertz CT molecular complexity index is 318. The number of nitrogens with zero attached hydrogens (tertiary/aromatic N) is 1. The molecular weight excluding hydrogens is 176 g/mol. The molecule has 4 nitrogen and oxygen atoms in total. The van der Waals surface area contributed by atoms with Crippen LogP contribution in [-0.2, 0) is 0 Å². The number of piperazine rings is 1. The topological polar surface area (TPSA) is 63.0 Å². The molecule has 0 aromatic carbocycles. The number of anilines is 1. The summed E-state index contributed by atoms with van der Waals surface area (Å²) in [5, 5.41) is 6.81. The molecule has 0 radical (unpaired) electrons. The molecule has 4 heteroatoms. The molecule has 1 saturated heterocycles. The Morgan fingerprint density at radius 2 is 2.36 bits per heavy atom. The van der Waals surface area contributed by atoms with Gasteiger partial charge in [0.25, 0.3) is 0 Å². The third kappa shape index (κ3) is 1.86. The average molecular weight is 192 g/mol. The second kappa shape index (κ2) is 3.94. The van der Waals surface area contributed by atoms with E-state index in [4.69, 9.17) is 5.73 Å². The molecular formula is C10H16N4. The summed E-state index contributed by atoms with van der Waals surface area (Å²) in [5.74, 6) is 0.593. The zero-order chi connectivity index (χ0) is 9.97. The zero-order valence-corrected chi connectivity index (χ0v) is 8.38. The van der Waals surface area contributed by atoms with Crippen molar-refractivity contribution in [1.29, 1.82) is 0 Å². The lowest BCUT2D eigenvalue weighted by Crippen LogP contribution is -2.42. The number of nitrogens with two attached hydrogens (primary N) is 1. The van der Waals surface area contributed by atoms with Crippen molar-refractivity contribution >= 4 is 5.82 Å². The number of pyridine rings is 1. The maximum Gasteiger partial charge on any atom is 0.123 e. The van der Waals surface area contributed by atoms with Gasteiger partial charge in [-0.3, -0.25) is 0 Å². The molecule has 0 amide bonds. The zero-order valence-electron chi connectivity index (χ0n) is 8.38. The predicted octanol–water partition coefficient (Wildman–Crippen LogP) is 0.206. The van der Waals surface area contributed by atoms with E-state index in [1.165, 1.54) is 11.1 Å². The Labute approximate surface area is 83.9 Å². The quantitative estimate of drug-likeness (QED) is 0.595. The van der Waals surface area contributed by atoms with Gasteiger partial charge in [-0.2, -0.15) is 0 Å². The van der Waals surface area contributed by atoms with Gasteiger partial charge in [0, 0.05) is 31.9 Å². The third-order valence-electron chi connectivity index (χ3n) is 2.59. The van der Waals surface area contributed by atoms with Crippen molar-refractivity contribution in [3.05, 3.63) is 23.4 Å². The smallest absolute Gasteiger partial charge is 0.123 e. The van der Waals surface area contributed by atoms with Gasteiger partial charge in [-0.15, -0.1) is 0 Å². The van der Waals surface area contributed by atoms with Crippen molar-refractivity contribution in [2.45, 2.75) is 13.0 Å². The second-order valence-corrected chi connectivity index (χ2v) is 3.68. The van der Waals surface area contributed by atoms with Crippen LogP contribution < -0.4 is 16.4 Å². The van der Waals surface area contributed by atoms with Gasteiger partial charge in [-0.25, -0.2) is 4.98 Å². The minimum atomic E-state index is 0.372. The summed E-state index contributed by atoms with van der Waals surface area (Å²) < 4.78 is 0. The highest BCUT2D eigenvalue weighted by molar-refractivity contribution is 5.37. The molecule has 1 atom stereocenters. The molecule has 4 N–H and O–H groups in total. The van der Waals surface area contributed by atoms with Gasteiger partial charge in [-0.1, -0.05) is 0 Å². The molecule has 0 bridgehead atoms. The molecule has 0 unspecified atom stereocenters. The molecule has 0 spiro atoms. The Morgan fingerprint density at radius 3 is 3.00 bits per heavy atom. The van der Waals surface area contributed by atoms with Crippen LogP contribution in [-0.4, -0.2) is 24.6 Å². The third-order valence-corrected chi connectivity index (χ3v) is 2.59. The van der Waals surface area contributed by atoms with Gasteiger partial charge in [0.2, 0.25) is 0 Å². The number of nitrogens with one attached hydrogen (secondary N) is 2. The lowest BCUT2D eigenvalue weighted by atomic mass is 10.0. The van der Waals surface area contributed by atoms with Crippen molar-refractivity contribution in [1.82, 2.24) is 15.6 Å². The van der Waals surface area contributed by atoms with Gasteiger partial charge in [0.1, 0.15) is 5.82 Å². The molecule has 1 aliphatic rings. The second-order valence-electron chi connectivity index (χ2n) is 3.68. The van der Waals surface area contributed by atoms with Crippen LogP contribution in [0.3, 0.4) is 0 Å². The number of nitrogen functional groups attached to an aromatic ring is 1. The summed E-state index contributed by atoms with van der Waals surface area (Å²) >= 11 is 0. The van der Waals surface area contributed by atoms with Crippen molar-refractivity contribution in [3.8, 4) is 0 Å². The first kappa shape index (κ1) is 9.43. The number of hydrogen-bond acceptors (Lipinski definition) is 4. The van der Waals surface area contributed by atoms with Gasteiger partial charge >= 0.3 is 0 Å². The normalized spacial score (nSPS) is 22.2. The van der Waals surface area contributed by atoms with Gasteiger partial charge in [-0.05, 0) is 24.1 Å². The summed E-state index contributed by atoms with van der Waals surface area (Å²) in [5.41, 5.74) is 8.06. The highest BCUT2D eigenvalue weighted by atomic mass is 15.1. The Morgan fingerprint density at radius 1 is 1.50 bits per heavy atom. The standard InChI is InChI=1S/C10H16N4/c1-7-4-10(11)14-5-8(7)9-6-12-2-3-13-9/h4-5,9,12-13H,2-3,6H2,1H3,(H2,11,14)/t9-/m0/s1. The van der Waals surface area contributed by atoms with E-state index in [9.17, 15) is 0 Å². The van der Waals surface area contributed by atoms with E-state index < -0.39 is 0 Å². The van der Waals surface area contributed by atoms with E-state index in [0.29, 0.717) is 11.9 Å². The maximum atomic E-state index is 5.61. The number of hydrogen-bond donors (Lipinski definition) is 3. The summed E-state index contributed by atoms with van der Waals surface area (Å²) in [6.07, 6.45) is 1.87. The Kier molecular flexibility index (Phi) is 2.65. The fraction of sp³-hybridized carbons (Fsp3) is 0.500. The highest BCUT2D eigenvalue weighted by Crippen LogP contribution is 2.18. The molecule has 76 valence electrons. The summed E-state index contributed by atoms with van der Waals surface area (Å²) in [6, 6.07) is 2.29. The van der Waals surface area contributed by atoms with E-state index in [-0.39, 0.29) is 0 Å². The SMILES string of the molecule is Cc1cc(N)ncc1[C@@H]1CNCCN1. The largest absolute Gasteiger partial charge is 0.384 e. The van der Waals surface area contributed by atoms with Crippen molar-refractivity contribution < 1.29 is 0 Å². The fourth-order valence-electron chi connectivity index (χ4n) is 1.83. The number of aromatic nitrogens is 1. The van der Waals surface area contributed by atoms with Gasteiger partial charge in [0.05, 0.1) is 0 Å². The highest BCUT2D eigenvalue weighted by Gasteiger charge is 2.16. The monoisotopic (exact) mass is 192 g/mol. The van der Waals surface area contributed by atoms with Crippen LogP contribution in [0.5, 0.6) is 0 Å². The molecule has 2 heterocycles. The number of rotatable bonds is 1.